The molecule has 2 aliphatic carbocycles. The average Bonchev–Trinajstić information content (AvgIpc) is 3.35. The van der Waals surface area contributed by atoms with Gasteiger partial charge in [-0.05, 0) is 81.3 Å². The van der Waals surface area contributed by atoms with Crippen LogP contribution in [0, 0.1) is 0 Å². The standard InChI is InChI=1S/C21H27F3N2O/c22-21(23,24)15-9-10-16(17(13-15)14-7-8-14)20(27)25-18-5-1-2-6-19(18)26-11-3-4-12-26/h9-10,13-14,18-19H,1-8,11-12H2,(H,25,27)/t18-,19+/m0/s1. The topological polar surface area (TPSA) is 32.3 Å². The zero-order valence-corrected chi connectivity index (χ0v) is 15.5. The highest BCUT2D eigenvalue weighted by molar-refractivity contribution is 5.96. The smallest absolute Gasteiger partial charge is 0.348 e. The van der Waals surface area contributed by atoms with Crippen LogP contribution in [0.5, 0.6) is 0 Å². The molecule has 1 aromatic carbocycles. The van der Waals surface area contributed by atoms with Crippen molar-refractivity contribution in [2.45, 2.75) is 75.5 Å². The summed E-state index contributed by atoms with van der Waals surface area (Å²) >= 11 is 0. The highest BCUT2D eigenvalue weighted by Crippen LogP contribution is 2.43. The highest BCUT2D eigenvalue weighted by Gasteiger charge is 2.36. The second-order valence-electron chi connectivity index (χ2n) is 8.25. The van der Waals surface area contributed by atoms with Gasteiger partial charge in [0.05, 0.1) is 5.56 Å². The van der Waals surface area contributed by atoms with Crippen LogP contribution in [0.2, 0.25) is 0 Å². The molecule has 27 heavy (non-hydrogen) atoms. The van der Waals surface area contributed by atoms with Crippen molar-refractivity contribution in [2.24, 2.45) is 0 Å². The SMILES string of the molecule is O=C(N[C@H]1CCCC[C@H]1N1CCCC1)c1ccc(C(F)(F)F)cc1C1CC1. The van der Waals surface area contributed by atoms with E-state index in [9.17, 15) is 18.0 Å². The molecule has 1 aliphatic heterocycles. The van der Waals surface area contributed by atoms with Crippen molar-refractivity contribution in [2.75, 3.05) is 13.1 Å². The lowest BCUT2D eigenvalue weighted by molar-refractivity contribution is -0.137. The van der Waals surface area contributed by atoms with Gasteiger partial charge in [-0.25, -0.2) is 0 Å². The van der Waals surface area contributed by atoms with Gasteiger partial charge in [0, 0.05) is 17.6 Å². The fourth-order valence-electron chi connectivity index (χ4n) is 4.71. The lowest BCUT2D eigenvalue weighted by atomic mass is 9.88. The lowest BCUT2D eigenvalue weighted by Gasteiger charge is -2.38. The molecule has 1 N–H and O–H groups in total. The van der Waals surface area contributed by atoms with E-state index in [1.807, 2.05) is 0 Å². The number of rotatable bonds is 4. The van der Waals surface area contributed by atoms with Gasteiger partial charge < -0.3 is 5.32 Å². The van der Waals surface area contributed by atoms with Crippen LogP contribution < -0.4 is 5.32 Å². The second-order valence-corrected chi connectivity index (χ2v) is 8.25. The van der Waals surface area contributed by atoms with E-state index < -0.39 is 11.7 Å². The van der Waals surface area contributed by atoms with Crippen LogP contribution in [-0.2, 0) is 6.18 Å². The quantitative estimate of drug-likeness (QED) is 0.820. The second kappa shape index (κ2) is 7.46. The van der Waals surface area contributed by atoms with Crippen molar-refractivity contribution < 1.29 is 18.0 Å². The molecule has 0 unspecified atom stereocenters. The first kappa shape index (κ1) is 18.8. The molecule has 148 valence electrons. The number of carbonyl (C=O) groups is 1. The number of carbonyl (C=O) groups excluding carboxylic acids is 1. The first-order valence-electron chi connectivity index (χ1n) is 10.2. The minimum atomic E-state index is -4.37. The van der Waals surface area contributed by atoms with Gasteiger partial charge >= 0.3 is 6.18 Å². The zero-order chi connectivity index (χ0) is 19.0. The van der Waals surface area contributed by atoms with E-state index in [2.05, 4.69) is 10.2 Å². The van der Waals surface area contributed by atoms with Crippen molar-refractivity contribution in [3.05, 3.63) is 34.9 Å². The van der Waals surface area contributed by atoms with Crippen molar-refractivity contribution in [1.29, 1.82) is 0 Å². The summed E-state index contributed by atoms with van der Waals surface area (Å²) in [7, 11) is 0. The van der Waals surface area contributed by atoms with E-state index in [4.69, 9.17) is 0 Å². The summed E-state index contributed by atoms with van der Waals surface area (Å²) in [4.78, 5) is 15.5. The molecule has 3 fully saturated rings. The van der Waals surface area contributed by atoms with E-state index in [1.165, 1.54) is 31.4 Å². The molecule has 0 aromatic heterocycles. The molecule has 0 spiro atoms. The number of likely N-dealkylation sites (tertiary alicyclic amines) is 1. The molecule has 6 heteroatoms. The molecule has 3 nitrogen and oxygen atoms in total. The average molecular weight is 380 g/mol. The predicted molar refractivity (Wildman–Crippen MR) is 97.7 cm³/mol. The Morgan fingerprint density at radius 2 is 1.70 bits per heavy atom. The predicted octanol–water partition coefficient (Wildman–Crippen LogP) is 4.72. The molecule has 1 heterocycles. The van der Waals surface area contributed by atoms with Crippen molar-refractivity contribution in [3.8, 4) is 0 Å². The first-order valence-corrected chi connectivity index (χ1v) is 10.2. The summed E-state index contributed by atoms with van der Waals surface area (Å²) < 4.78 is 39.2. The Labute approximate surface area is 158 Å². The van der Waals surface area contributed by atoms with Gasteiger partial charge in [-0.3, -0.25) is 9.69 Å². The van der Waals surface area contributed by atoms with Gasteiger partial charge in [-0.1, -0.05) is 12.8 Å². The van der Waals surface area contributed by atoms with Crippen LogP contribution in [-0.4, -0.2) is 36.0 Å². The minimum Gasteiger partial charge on any atom is -0.348 e. The number of alkyl halides is 3. The molecule has 0 bridgehead atoms. The summed E-state index contributed by atoms with van der Waals surface area (Å²) in [6.45, 7) is 2.18. The van der Waals surface area contributed by atoms with E-state index in [0.717, 1.165) is 51.3 Å². The zero-order valence-electron chi connectivity index (χ0n) is 15.5. The summed E-state index contributed by atoms with van der Waals surface area (Å²) in [5.74, 6) is -0.115. The fourth-order valence-corrected chi connectivity index (χ4v) is 4.71. The van der Waals surface area contributed by atoms with Gasteiger partial charge in [-0.2, -0.15) is 13.2 Å². The van der Waals surface area contributed by atoms with Gasteiger partial charge in [0.15, 0.2) is 0 Å². The molecule has 3 aliphatic rings. The third kappa shape index (κ3) is 4.15. The number of benzene rings is 1. The number of amides is 1. The maximum absolute atomic E-state index is 13.1. The van der Waals surface area contributed by atoms with E-state index >= 15 is 0 Å². The van der Waals surface area contributed by atoms with Gasteiger partial charge in [0.25, 0.3) is 5.91 Å². The monoisotopic (exact) mass is 380 g/mol. The van der Waals surface area contributed by atoms with Crippen LogP contribution in [0.1, 0.15) is 78.8 Å². The molecular formula is C21H27F3N2O. The highest BCUT2D eigenvalue weighted by atomic mass is 19.4. The lowest BCUT2D eigenvalue weighted by Crippen LogP contribution is -2.52. The largest absolute Gasteiger partial charge is 0.416 e. The van der Waals surface area contributed by atoms with Gasteiger partial charge in [0.1, 0.15) is 0 Å². The normalized spacial score (nSPS) is 26.9. The number of hydrogen-bond acceptors (Lipinski definition) is 2. The van der Waals surface area contributed by atoms with Crippen LogP contribution in [0.25, 0.3) is 0 Å². The molecule has 2 atom stereocenters. The van der Waals surface area contributed by atoms with Gasteiger partial charge in [-0.15, -0.1) is 0 Å². The van der Waals surface area contributed by atoms with Crippen molar-refractivity contribution in [1.82, 2.24) is 10.2 Å². The Bertz CT molecular complexity index is 693. The minimum absolute atomic E-state index is 0.0915. The van der Waals surface area contributed by atoms with Crippen LogP contribution in [0.15, 0.2) is 18.2 Å². The summed E-state index contributed by atoms with van der Waals surface area (Å²) in [6, 6.07) is 4.06. The molecular weight excluding hydrogens is 353 g/mol. The third-order valence-corrected chi connectivity index (χ3v) is 6.30. The third-order valence-electron chi connectivity index (χ3n) is 6.30. The van der Waals surface area contributed by atoms with E-state index in [1.54, 1.807) is 0 Å². The number of nitrogens with one attached hydrogen (secondary N) is 1. The molecule has 4 rings (SSSR count). The van der Waals surface area contributed by atoms with Crippen molar-refractivity contribution >= 4 is 5.91 Å². The Hall–Kier alpha value is -1.56. The number of halogens is 3. The molecule has 1 saturated heterocycles. The van der Waals surface area contributed by atoms with Crippen molar-refractivity contribution in [3.63, 3.8) is 0 Å². The summed E-state index contributed by atoms with van der Waals surface area (Å²) in [5.41, 5.74) is 0.334. The van der Waals surface area contributed by atoms with E-state index in [0.29, 0.717) is 17.2 Å². The number of nitrogens with zero attached hydrogens (tertiary/aromatic N) is 1. The molecule has 2 saturated carbocycles. The summed E-state index contributed by atoms with van der Waals surface area (Å²) in [5, 5.41) is 3.18. The Morgan fingerprint density at radius 3 is 2.37 bits per heavy atom. The van der Waals surface area contributed by atoms with Crippen LogP contribution >= 0.6 is 0 Å². The molecule has 0 radical (unpaired) electrons. The summed E-state index contributed by atoms with van der Waals surface area (Å²) in [6.07, 6.45) is 4.09. The van der Waals surface area contributed by atoms with Gasteiger partial charge in [0.2, 0.25) is 0 Å². The Balaban J connectivity index is 1.53. The Kier molecular flexibility index (Phi) is 5.19. The maximum Gasteiger partial charge on any atom is 0.416 e. The Morgan fingerprint density at radius 1 is 1.00 bits per heavy atom. The van der Waals surface area contributed by atoms with Crippen LogP contribution in [0.4, 0.5) is 13.2 Å². The maximum atomic E-state index is 13.1. The fraction of sp³-hybridized carbons (Fsp3) is 0.667. The molecule has 1 aromatic rings. The van der Waals surface area contributed by atoms with E-state index in [-0.39, 0.29) is 17.9 Å². The van der Waals surface area contributed by atoms with Crippen LogP contribution in [0.3, 0.4) is 0 Å². The molecule has 1 amide bonds. The number of hydrogen-bond donors (Lipinski definition) is 1. The first-order chi connectivity index (χ1) is 12.9.